The van der Waals surface area contributed by atoms with Crippen LogP contribution in [0.1, 0.15) is 0 Å². The number of hydrogen-bond acceptors (Lipinski definition) is 3. The quantitative estimate of drug-likeness (QED) is 0.200. The van der Waals surface area contributed by atoms with Gasteiger partial charge in [-0.15, -0.1) is 0 Å². The van der Waals surface area contributed by atoms with Crippen molar-refractivity contribution in [2.45, 2.75) is 0 Å². The Morgan fingerprint density at radius 2 is 0.917 bits per heavy atom. The van der Waals surface area contributed by atoms with Crippen LogP contribution in [0.5, 0.6) is 0 Å². The van der Waals surface area contributed by atoms with Crippen LogP contribution in [-0.4, -0.2) is 23.9 Å². The van der Waals surface area contributed by atoms with Crippen molar-refractivity contribution < 1.29 is 0 Å². The van der Waals surface area contributed by atoms with Gasteiger partial charge in [0.05, 0.1) is 27.6 Å². The Kier molecular flexibility index (Phi) is 5.05. The van der Waals surface area contributed by atoms with Crippen LogP contribution >= 0.6 is 0 Å². The van der Waals surface area contributed by atoms with E-state index in [9.17, 15) is 0 Å². The van der Waals surface area contributed by atoms with Gasteiger partial charge in [0.2, 0.25) is 5.95 Å². The molecule has 0 atom stereocenters. The van der Waals surface area contributed by atoms with Gasteiger partial charge in [0.1, 0.15) is 0 Å². The lowest BCUT2D eigenvalue weighted by atomic mass is 9.99. The molecule has 4 aromatic heterocycles. The molecular formula is C43H25N5. The minimum absolute atomic E-state index is 0.597. The Bertz CT molecular complexity index is 2990. The molecule has 0 aliphatic rings. The van der Waals surface area contributed by atoms with Crippen LogP contribution in [0.25, 0.3) is 99.4 Å². The van der Waals surface area contributed by atoms with E-state index in [4.69, 9.17) is 15.0 Å². The molecule has 0 amide bonds. The van der Waals surface area contributed by atoms with Crippen molar-refractivity contribution in [3.05, 3.63) is 152 Å². The molecular weight excluding hydrogens is 587 g/mol. The summed E-state index contributed by atoms with van der Waals surface area (Å²) in [7, 11) is 0. The first-order valence-electron chi connectivity index (χ1n) is 16.2. The topological polar surface area (TPSA) is 48.0 Å². The van der Waals surface area contributed by atoms with Crippen molar-refractivity contribution in [1.29, 1.82) is 0 Å². The third kappa shape index (κ3) is 3.37. The minimum Gasteiger partial charge on any atom is -0.308 e. The van der Waals surface area contributed by atoms with E-state index in [0.29, 0.717) is 17.6 Å². The third-order valence-electron chi connectivity index (χ3n) is 9.89. The van der Waals surface area contributed by atoms with Crippen molar-refractivity contribution in [3.8, 4) is 28.7 Å². The summed E-state index contributed by atoms with van der Waals surface area (Å²) in [5.41, 5.74) is 7.74. The summed E-state index contributed by atoms with van der Waals surface area (Å²) in [5.74, 6) is 1.88. The molecule has 48 heavy (non-hydrogen) atoms. The van der Waals surface area contributed by atoms with Crippen LogP contribution in [-0.2, 0) is 0 Å². The zero-order chi connectivity index (χ0) is 31.3. The van der Waals surface area contributed by atoms with Gasteiger partial charge in [-0.05, 0) is 23.6 Å². The second kappa shape index (κ2) is 9.47. The first-order valence-corrected chi connectivity index (χ1v) is 16.2. The highest BCUT2D eigenvalue weighted by molar-refractivity contribution is 6.34. The highest BCUT2D eigenvalue weighted by Crippen LogP contribution is 2.45. The summed E-state index contributed by atoms with van der Waals surface area (Å²) >= 11 is 0. The van der Waals surface area contributed by atoms with Crippen molar-refractivity contribution in [1.82, 2.24) is 23.9 Å². The lowest BCUT2D eigenvalue weighted by Gasteiger charge is -2.12. The highest BCUT2D eigenvalue weighted by atomic mass is 15.2. The van der Waals surface area contributed by atoms with Gasteiger partial charge in [-0.2, -0.15) is 9.97 Å². The van der Waals surface area contributed by atoms with E-state index in [0.717, 1.165) is 27.5 Å². The van der Waals surface area contributed by atoms with Crippen molar-refractivity contribution in [3.63, 3.8) is 0 Å². The number of rotatable bonds is 3. The van der Waals surface area contributed by atoms with Crippen LogP contribution < -0.4 is 0 Å². The number of para-hydroxylation sites is 3. The number of hydrogen-bond donors (Lipinski definition) is 0. The summed E-state index contributed by atoms with van der Waals surface area (Å²) in [4.78, 5) is 15.4. The van der Waals surface area contributed by atoms with Gasteiger partial charge in [0.25, 0.3) is 0 Å². The molecule has 11 rings (SSSR count). The first kappa shape index (κ1) is 25.6. The molecule has 0 saturated heterocycles. The molecule has 0 aliphatic heterocycles. The molecule has 0 spiro atoms. The number of aromatic nitrogens is 5. The van der Waals surface area contributed by atoms with Crippen LogP contribution in [0.4, 0.5) is 0 Å². The summed E-state index contributed by atoms with van der Waals surface area (Å²) in [6.45, 7) is 0. The zero-order valence-electron chi connectivity index (χ0n) is 25.7. The molecule has 0 saturated carbocycles. The number of benzene rings is 7. The summed E-state index contributed by atoms with van der Waals surface area (Å²) in [6.07, 6.45) is 0. The summed E-state index contributed by atoms with van der Waals surface area (Å²) in [6, 6.07) is 53.5. The van der Waals surface area contributed by atoms with Crippen molar-refractivity contribution in [2.75, 3.05) is 0 Å². The standard InChI is InChI=1S/C43H25N5/c1-3-12-27(13-4-1)41-44-42(28-14-5-2-6-15-28)46-43(45-41)48-35-21-10-8-17-30(35)32-24-22-26-23-25-36-38(37(26)40(32)48)33-19-11-18-31-29-16-7-9-20-34(29)47(36)39(31)33/h1-25H. The fourth-order valence-corrected chi connectivity index (χ4v) is 7.89. The SMILES string of the molecule is c1ccc(-c2nc(-c3ccccc3)nc(-n3c4ccccc4c4ccc5ccc6c(c7cccc8c9ccccc9n6c87)c5c43)n2)cc1. The molecule has 5 nitrogen and oxygen atoms in total. The predicted octanol–water partition coefficient (Wildman–Crippen LogP) is 10.6. The van der Waals surface area contributed by atoms with Gasteiger partial charge in [0.15, 0.2) is 11.6 Å². The minimum atomic E-state index is 0.597. The maximum Gasteiger partial charge on any atom is 0.238 e. The largest absolute Gasteiger partial charge is 0.308 e. The second-order valence-electron chi connectivity index (χ2n) is 12.4. The Morgan fingerprint density at radius 3 is 1.65 bits per heavy atom. The molecule has 5 heteroatoms. The maximum absolute atomic E-state index is 5.22. The van der Waals surface area contributed by atoms with Gasteiger partial charge in [0, 0.05) is 48.8 Å². The summed E-state index contributed by atoms with van der Waals surface area (Å²) in [5, 5.41) is 9.76. The van der Waals surface area contributed by atoms with Crippen molar-refractivity contribution in [2.24, 2.45) is 0 Å². The molecule has 4 heterocycles. The average Bonchev–Trinajstić information content (AvgIpc) is 3.81. The number of fused-ring (bicyclic) bond motifs is 12. The van der Waals surface area contributed by atoms with Gasteiger partial charge >= 0.3 is 0 Å². The van der Waals surface area contributed by atoms with E-state index >= 15 is 0 Å². The lowest BCUT2D eigenvalue weighted by Crippen LogP contribution is -2.06. The lowest BCUT2D eigenvalue weighted by molar-refractivity contribution is 0.955. The van der Waals surface area contributed by atoms with E-state index in [1.165, 1.54) is 54.3 Å². The molecule has 0 fully saturated rings. The fourth-order valence-electron chi connectivity index (χ4n) is 7.89. The van der Waals surface area contributed by atoms with Gasteiger partial charge in [-0.25, -0.2) is 4.98 Å². The second-order valence-corrected chi connectivity index (χ2v) is 12.4. The molecule has 0 unspecified atom stereocenters. The molecule has 0 aliphatic carbocycles. The number of nitrogens with zero attached hydrogens (tertiary/aromatic N) is 5. The highest BCUT2D eigenvalue weighted by Gasteiger charge is 2.23. The normalized spacial score (nSPS) is 12.2. The van der Waals surface area contributed by atoms with E-state index in [-0.39, 0.29) is 0 Å². The van der Waals surface area contributed by atoms with E-state index in [2.05, 4.69) is 124 Å². The monoisotopic (exact) mass is 611 g/mol. The zero-order valence-corrected chi connectivity index (χ0v) is 25.7. The molecule has 0 bridgehead atoms. The van der Waals surface area contributed by atoms with Crippen LogP contribution in [0.3, 0.4) is 0 Å². The summed E-state index contributed by atoms with van der Waals surface area (Å²) < 4.78 is 4.71. The molecule has 7 aromatic carbocycles. The molecule has 11 aromatic rings. The maximum atomic E-state index is 5.22. The predicted molar refractivity (Wildman–Crippen MR) is 197 cm³/mol. The fraction of sp³-hybridized carbons (Fsp3) is 0. The molecule has 222 valence electrons. The Morgan fingerprint density at radius 1 is 0.354 bits per heavy atom. The van der Waals surface area contributed by atoms with Crippen LogP contribution in [0.2, 0.25) is 0 Å². The average molecular weight is 612 g/mol. The molecule has 0 radical (unpaired) electrons. The van der Waals surface area contributed by atoms with E-state index < -0.39 is 0 Å². The Balaban J connectivity index is 1.35. The van der Waals surface area contributed by atoms with Gasteiger partial charge in [-0.1, -0.05) is 133 Å². The van der Waals surface area contributed by atoms with Crippen LogP contribution in [0, 0.1) is 0 Å². The Labute approximate surface area is 274 Å². The van der Waals surface area contributed by atoms with E-state index in [1.807, 2.05) is 36.4 Å². The van der Waals surface area contributed by atoms with Crippen molar-refractivity contribution >= 4 is 70.7 Å². The van der Waals surface area contributed by atoms with Crippen LogP contribution in [0.15, 0.2) is 152 Å². The molecule has 0 N–H and O–H groups in total. The van der Waals surface area contributed by atoms with Gasteiger partial charge in [-0.3, -0.25) is 4.57 Å². The van der Waals surface area contributed by atoms with E-state index in [1.54, 1.807) is 0 Å². The third-order valence-corrected chi connectivity index (χ3v) is 9.89. The first-order chi connectivity index (χ1) is 23.8. The smallest absolute Gasteiger partial charge is 0.238 e. The van der Waals surface area contributed by atoms with Gasteiger partial charge < -0.3 is 4.40 Å². The Hall–Kier alpha value is -6.59.